The third kappa shape index (κ3) is 1.13. The van der Waals surface area contributed by atoms with Gasteiger partial charge in [0.2, 0.25) is 0 Å². The normalized spacial score (nSPS) is 10.6. The smallest absolute Gasteiger partial charge is 0.339 e. The van der Waals surface area contributed by atoms with Crippen LogP contribution < -0.4 is 0 Å². The summed E-state index contributed by atoms with van der Waals surface area (Å²) < 4.78 is 13.9. The van der Waals surface area contributed by atoms with Crippen molar-refractivity contribution < 1.29 is 19.4 Å². The van der Waals surface area contributed by atoms with Gasteiger partial charge in [0.05, 0.1) is 0 Å². The second kappa shape index (κ2) is 2.95. The Labute approximate surface area is 82.0 Å². The number of phenols is 1. The molecule has 0 spiro atoms. The largest absolute Gasteiger partial charge is 0.504 e. The number of carbonyl (C=O) groups is 1. The van der Waals surface area contributed by atoms with Crippen LogP contribution in [0.5, 0.6) is 5.75 Å². The summed E-state index contributed by atoms with van der Waals surface area (Å²) in [4.78, 5) is 10.6. The molecule has 0 fully saturated rings. The summed E-state index contributed by atoms with van der Waals surface area (Å²) in [6.45, 7) is 0. The van der Waals surface area contributed by atoms with Gasteiger partial charge in [0.1, 0.15) is 5.56 Å². The summed E-state index contributed by atoms with van der Waals surface area (Å²) in [5.74, 6) is -3.01. The minimum Gasteiger partial charge on any atom is -0.504 e. The Morgan fingerprint density at radius 2 is 2.21 bits per heavy atom. The standard InChI is InChI=1S/C9H5FO3S/c10-7-4-1-2-14-6(4)3-5(8(7)11)9(12)13/h1-3,11H,(H,12,13). The number of thiophene rings is 1. The van der Waals surface area contributed by atoms with Gasteiger partial charge in [-0.2, -0.15) is 0 Å². The first-order valence-electron chi connectivity index (χ1n) is 3.73. The third-order valence-electron chi connectivity index (χ3n) is 1.90. The second-order valence-electron chi connectivity index (χ2n) is 2.72. The van der Waals surface area contributed by atoms with Crippen molar-refractivity contribution in [3.8, 4) is 5.75 Å². The first-order valence-corrected chi connectivity index (χ1v) is 4.61. The summed E-state index contributed by atoms with van der Waals surface area (Å²) in [5, 5.41) is 19.8. The van der Waals surface area contributed by atoms with Crippen LogP contribution in [0.25, 0.3) is 10.1 Å². The van der Waals surface area contributed by atoms with Gasteiger partial charge in [-0.1, -0.05) is 0 Å². The van der Waals surface area contributed by atoms with Crippen LogP contribution in [0.15, 0.2) is 17.5 Å². The Balaban J connectivity index is 2.87. The molecule has 1 heterocycles. The first-order chi connectivity index (χ1) is 6.61. The maximum atomic E-state index is 13.3. The Morgan fingerprint density at radius 1 is 1.50 bits per heavy atom. The fourth-order valence-electron chi connectivity index (χ4n) is 1.22. The maximum absolute atomic E-state index is 13.3. The van der Waals surface area contributed by atoms with Crippen molar-refractivity contribution in [2.24, 2.45) is 0 Å². The molecular formula is C9H5FO3S. The van der Waals surface area contributed by atoms with Crippen molar-refractivity contribution in [1.29, 1.82) is 0 Å². The molecule has 0 aliphatic carbocycles. The third-order valence-corrected chi connectivity index (χ3v) is 2.76. The number of fused-ring (bicyclic) bond motifs is 1. The van der Waals surface area contributed by atoms with Gasteiger partial charge >= 0.3 is 5.97 Å². The van der Waals surface area contributed by atoms with E-state index in [1.165, 1.54) is 23.5 Å². The summed E-state index contributed by atoms with van der Waals surface area (Å²) in [5.41, 5.74) is -0.405. The van der Waals surface area contributed by atoms with Crippen LogP contribution in [0.1, 0.15) is 10.4 Å². The zero-order valence-corrected chi connectivity index (χ0v) is 7.64. The molecule has 1 aromatic heterocycles. The summed E-state index contributed by atoms with van der Waals surface area (Å²) in [6.07, 6.45) is 0. The number of rotatable bonds is 1. The number of hydrogen-bond acceptors (Lipinski definition) is 3. The highest BCUT2D eigenvalue weighted by Crippen LogP contribution is 2.32. The zero-order chi connectivity index (χ0) is 10.3. The highest BCUT2D eigenvalue weighted by Gasteiger charge is 2.17. The van der Waals surface area contributed by atoms with Crippen LogP contribution in [-0.2, 0) is 0 Å². The van der Waals surface area contributed by atoms with Gasteiger partial charge in [-0.15, -0.1) is 11.3 Å². The molecule has 3 nitrogen and oxygen atoms in total. The molecule has 2 N–H and O–H groups in total. The molecule has 0 amide bonds. The molecule has 0 radical (unpaired) electrons. The lowest BCUT2D eigenvalue weighted by Gasteiger charge is -2.01. The highest BCUT2D eigenvalue weighted by atomic mass is 32.1. The zero-order valence-electron chi connectivity index (χ0n) is 6.82. The van der Waals surface area contributed by atoms with E-state index in [-0.39, 0.29) is 5.39 Å². The predicted octanol–water partition coefficient (Wildman–Crippen LogP) is 2.44. The van der Waals surface area contributed by atoms with Crippen molar-refractivity contribution in [2.75, 3.05) is 0 Å². The van der Waals surface area contributed by atoms with Gasteiger partial charge in [-0.05, 0) is 17.5 Å². The molecule has 72 valence electrons. The number of benzene rings is 1. The van der Waals surface area contributed by atoms with Crippen molar-refractivity contribution in [2.45, 2.75) is 0 Å². The SMILES string of the molecule is O=C(O)c1cc2sccc2c(F)c1O. The average Bonchev–Trinajstić information content (AvgIpc) is 2.58. The van der Waals surface area contributed by atoms with Crippen LogP contribution in [-0.4, -0.2) is 16.2 Å². The molecule has 2 aromatic rings. The molecule has 0 bridgehead atoms. The van der Waals surface area contributed by atoms with E-state index in [4.69, 9.17) is 5.11 Å². The van der Waals surface area contributed by atoms with Crippen molar-refractivity contribution in [3.05, 3.63) is 28.9 Å². The van der Waals surface area contributed by atoms with E-state index < -0.39 is 23.1 Å². The van der Waals surface area contributed by atoms with Crippen LogP contribution >= 0.6 is 11.3 Å². The van der Waals surface area contributed by atoms with E-state index in [0.29, 0.717) is 4.70 Å². The summed E-state index contributed by atoms with van der Waals surface area (Å²) >= 11 is 1.23. The fraction of sp³-hybridized carbons (Fsp3) is 0. The molecule has 0 saturated carbocycles. The molecule has 1 aromatic carbocycles. The Morgan fingerprint density at radius 3 is 2.86 bits per heavy atom. The van der Waals surface area contributed by atoms with Gasteiger partial charge in [0.25, 0.3) is 0 Å². The molecule has 0 saturated heterocycles. The number of carboxylic acid groups (broad SMARTS) is 1. The first kappa shape index (κ1) is 8.96. The fourth-order valence-corrected chi connectivity index (χ4v) is 2.04. The number of aromatic carboxylic acids is 1. The summed E-state index contributed by atoms with van der Waals surface area (Å²) in [6, 6.07) is 2.77. The molecule has 0 unspecified atom stereocenters. The van der Waals surface area contributed by atoms with E-state index in [9.17, 15) is 14.3 Å². The lowest BCUT2D eigenvalue weighted by Crippen LogP contribution is -1.98. The van der Waals surface area contributed by atoms with Gasteiger partial charge in [0, 0.05) is 10.1 Å². The Bertz CT molecular complexity index is 518. The molecule has 5 heteroatoms. The van der Waals surface area contributed by atoms with Crippen molar-refractivity contribution in [3.63, 3.8) is 0 Å². The Hall–Kier alpha value is -1.62. The van der Waals surface area contributed by atoms with E-state index in [0.717, 1.165) is 0 Å². The van der Waals surface area contributed by atoms with Gasteiger partial charge in [0.15, 0.2) is 11.6 Å². The summed E-state index contributed by atoms with van der Waals surface area (Å²) in [7, 11) is 0. The number of hydrogen-bond donors (Lipinski definition) is 2. The predicted molar refractivity (Wildman–Crippen MR) is 50.4 cm³/mol. The van der Waals surface area contributed by atoms with E-state index in [1.807, 2.05) is 0 Å². The van der Waals surface area contributed by atoms with Gasteiger partial charge < -0.3 is 10.2 Å². The second-order valence-corrected chi connectivity index (χ2v) is 3.67. The molecule has 0 atom stereocenters. The van der Waals surface area contributed by atoms with Crippen molar-refractivity contribution in [1.82, 2.24) is 0 Å². The van der Waals surface area contributed by atoms with E-state index >= 15 is 0 Å². The van der Waals surface area contributed by atoms with Gasteiger partial charge in [-0.3, -0.25) is 0 Å². The van der Waals surface area contributed by atoms with Crippen molar-refractivity contribution >= 4 is 27.4 Å². The molecular weight excluding hydrogens is 207 g/mol. The lowest BCUT2D eigenvalue weighted by molar-refractivity contribution is 0.0693. The van der Waals surface area contributed by atoms with Gasteiger partial charge in [-0.25, -0.2) is 9.18 Å². The topological polar surface area (TPSA) is 57.5 Å². The molecule has 2 rings (SSSR count). The van der Waals surface area contributed by atoms with Crippen LogP contribution in [0.2, 0.25) is 0 Å². The number of halogens is 1. The van der Waals surface area contributed by atoms with E-state index in [2.05, 4.69) is 0 Å². The quantitative estimate of drug-likeness (QED) is 0.763. The monoisotopic (exact) mass is 212 g/mol. The number of carboxylic acids is 1. The van der Waals surface area contributed by atoms with Crippen LogP contribution in [0.4, 0.5) is 4.39 Å². The van der Waals surface area contributed by atoms with E-state index in [1.54, 1.807) is 5.38 Å². The highest BCUT2D eigenvalue weighted by molar-refractivity contribution is 7.17. The molecule has 14 heavy (non-hydrogen) atoms. The van der Waals surface area contributed by atoms with Crippen LogP contribution in [0.3, 0.4) is 0 Å². The minimum absolute atomic E-state index is 0.248. The average molecular weight is 212 g/mol. The lowest BCUT2D eigenvalue weighted by atomic mass is 10.1. The molecule has 0 aliphatic rings. The van der Waals surface area contributed by atoms with Crippen LogP contribution in [0, 0.1) is 5.82 Å². The minimum atomic E-state index is -1.34. The maximum Gasteiger partial charge on any atom is 0.339 e. The molecule has 0 aliphatic heterocycles. The Kier molecular flexibility index (Phi) is 1.89. The number of aromatic hydroxyl groups is 1.